The van der Waals surface area contributed by atoms with Crippen LogP contribution < -0.4 is 10.9 Å². The summed E-state index contributed by atoms with van der Waals surface area (Å²) in [4.78, 5) is 51.3. The number of pyridine rings is 1. The maximum absolute atomic E-state index is 13.4. The van der Waals surface area contributed by atoms with Gasteiger partial charge in [0, 0.05) is 30.3 Å². The molecular formula is C25H23ClN6O3S. The number of nitrogens with zero attached hydrogens (tertiary/aromatic N) is 5. The van der Waals surface area contributed by atoms with Crippen molar-refractivity contribution >= 4 is 56.4 Å². The number of aryl methyl sites for hydroxylation is 1. The van der Waals surface area contributed by atoms with Crippen molar-refractivity contribution in [1.29, 1.82) is 5.26 Å². The summed E-state index contributed by atoms with van der Waals surface area (Å²) in [6.07, 6.45) is 3.72. The lowest BCUT2D eigenvalue weighted by molar-refractivity contribution is -0.141. The van der Waals surface area contributed by atoms with E-state index < -0.39 is 5.54 Å². The van der Waals surface area contributed by atoms with E-state index >= 15 is 0 Å². The Bertz CT molecular complexity index is 1560. The number of ketones is 1. The molecule has 5 heterocycles. The summed E-state index contributed by atoms with van der Waals surface area (Å²) in [5, 5.41) is 13.3. The number of hydrogen-bond donors (Lipinski definition) is 1. The SMILES string of the molecule is CC1(C)CC(=O)c2c(Cl)cc(Nc3ncnc4sc5c(c34)CC[C@H](C(=O)N3CC(C#N)C3)C5)c(=O)n21. The predicted octanol–water partition coefficient (Wildman–Crippen LogP) is 3.66. The van der Waals surface area contributed by atoms with Gasteiger partial charge in [-0.25, -0.2) is 9.97 Å². The molecule has 6 rings (SSSR count). The van der Waals surface area contributed by atoms with Crippen molar-refractivity contribution in [2.45, 2.75) is 45.1 Å². The third-order valence-corrected chi connectivity index (χ3v) is 8.89. The molecule has 1 aliphatic carbocycles. The minimum absolute atomic E-state index is 0.0539. The molecule has 1 saturated heterocycles. The van der Waals surface area contributed by atoms with Crippen LogP contribution in [0.3, 0.4) is 0 Å². The highest BCUT2D eigenvalue weighted by molar-refractivity contribution is 7.19. The minimum Gasteiger partial charge on any atom is -0.340 e. The highest BCUT2D eigenvalue weighted by Crippen LogP contribution is 2.41. The Morgan fingerprint density at radius 2 is 2.08 bits per heavy atom. The molecule has 2 aliphatic heterocycles. The van der Waals surface area contributed by atoms with Crippen LogP contribution in [0.15, 0.2) is 17.2 Å². The first-order valence-electron chi connectivity index (χ1n) is 11.9. The quantitative estimate of drug-likeness (QED) is 0.557. The Morgan fingerprint density at radius 1 is 1.31 bits per heavy atom. The molecule has 1 fully saturated rings. The number of fused-ring (bicyclic) bond motifs is 4. The number of carbonyl (C=O) groups excluding carboxylic acids is 2. The van der Waals surface area contributed by atoms with Crippen molar-refractivity contribution < 1.29 is 9.59 Å². The number of anilines is 2. The maximum atomic E-state index is 13.4. The molecule has 3 aromatic heterocycles. The molecule has 3 aliphatic rings. The molecular weight excluding hydrogens is 500 g/mol. The van der Waals surface area contributed by atoms with Crippen LogP contribution >= 0.6 is 22.9 Å². The van der Waals surface area contributed by atoms with Gasteiger partial charge in [0.05, 0.1) is 27.9 Å². The van der Waals surface area contributed by atoms with Crippen molar-refractivity contribution in [3.05, 3.63) is 43.9 Å². The number of thiophene rings is 1. The highest BCUT2D eigenvalue weighted by atomic mass is 35.5. The summed E-state index contributed by atoms with van der Waals surface area (Å²) in [6, 6.07) is 3.71. The Kier molecular flexibility index (Phi) is 5.21. The second-order valence-corrected chi connectivity index (χ2v) is 11.8. The lowest BCUT2D eigenvalue weighted by Crippen LogP contribution is -2.52. The van der Waals surface area contributed by atoms with E-state index in [4.69, 9.17) is 16.9 Å². The average molecular weight is 523 g/mol. The van der Waals surface area contributed by atoms with Crippen LogP contribution in [0.4, 0.5) is 11.5 Å². The van der Waals surface area contributed by atoms with Gasteiger partial charge in [-0.2, -0.15) is 5.26 Å². The maximum Gasteiger partial charge on any atom is 0.275 e. The third kappa shape index (κ3) is 3.44. The van der Waals surface area contributed by atoms with E-state index in [9.17, 15) is 14.4 Å². The molecule has 3 aromatic rings. The smallest absolute Gasteiger partial charge is 0.275 e. The second kappa shape index (κ2) is 8.11. The van der Waals surface area contributed by atoms with Gasteiger partial charge in [0.1, 0.15) is 28.4 Å². The zero-order chi connectivity index (χ0) is 25.4. The van der Waals surface area contributed by atoms with Gasteiger partial charge in [-0.3, -0.25) is 19.0 Å². The number of likely N-dealkylation sites (tertiary alicyclic amines) is 1. The lowest BCUT2D eigenvalue weighted by atomic mass is 9.85. The normalized spacial score (nSPS) is 20.6. The molecule has 0 bridgehead atoms. The van der Waals surface area contributed by atoms with E-state index in [-0.39, 0.29) is 51.9 Å². The molecule has 36 heavy (non-hydrogen) atoms. The third-order valence-electron chi connectivity index (χ3n) is 7.44. The molecule has 0 saturated carbocycles. The summed E-state index contributed by atoms with van der Waals surface area (Å²) >= 11 is 8.00. The number of amides is 1. The molecule has 1 N–H and O–H groups in total. The molecule has 11 heteroatoms. The number of aromatic nitrogens is 3. The molecule has 0 spiro atoms. The lowest BCUT2D eigenvalue weighted by Gasteiger charge is -2.38. The van der Waals surface area contributed by atoms with Crippen LogP contribution in [0.25, 0.3) is 10.2 Å². The summed E-state index contributed by atoms with van der Waals surface area (Å²) in [6.45, 7) is 4.73. The number of halogens is 1. The second-order valence-electron chi connectivity index (χ2n) is 10.3. The molecule has 184 valence electrons. The fraction of sp³-hybridized carbons (Fsp3) is 0.440. The van der Waals surface area contributed by atoms with E-state index in [0.29, 0.717) is 38.2 Å². The fourth-order valence-corrected chi connectivity index (χ4v) is 7.17. The zero-order valence-corrected chi connectivity index (χ0v) is 21.4. The van der Waals surface area contributed by atoms with Gasteiger partial charge in [-0.05, 0) is 44.7 Å². The first-order valence-corrected chi connectivity index (χ1v) is 13.1. The standard InChI is InChI=1S/C25H23ClN6O3S/c1-25(2)7-17(33)20-15(26)6-16(24(35)32(20)25)30-21-19-14-4-3-13(23(34)31-9-12(8-27)10-31)5-18(14)36-22(19)29-11-28-21/h6,11-13H,3-5,7,9-10H2,1-2H3,(H,28,29,30)/t13-/m0/s1. The fourth-order valence-electron chi connectivity index (χ4n) is 5.61. The highest BCUT2D eigenvalue weighted by Gasteiger charge is 2.39. The Balaban J connectivity index is 1.34. The molecule has 9 nitrogen and oxygen atoms in total. The topological polar surface area (TPSA) is 121 Å². The van der Waals surface area contributed by atoms with Crippen LogP contribution in [0.2, 0.25) is 5.02 Å². The van der Waals surface area contributed by atoms with Gasteiger partial charge in [-0.15, -0.1) is 11.3 Å². The Hall–Kier alpha value is -3.29. The van der Waals surface area contributed by atoms with Crippen LogP contribution in [-0.4, -0.2) is 44.2 Å². The minimum atomic E-state index is -0.668. The number of Topliss-reactive ketones (excluding diaryl/α,β-unsaturated/α-hetero) is 1. The number of nitrogens with one attached hydrogen (secondary N) is 1. The zero-order valence-electron chi connectivity index (χ0n) is 19.8. The molecule has 0 aromatic carbocycles. The number of rotatable bonds is 3. The van der Waals surface area contributed by atoms with E-state index in [1.807, 2.05) is 13.8 Å². The van der Waals surface area contributed by atoms with E-state index in [1.54, 1.807) is 16.2 Å². The van der Waals surface area contributed by atoms with E-state index in [2.05, 4.69) is 21.4 Å². The van der Waals surface area contributed by atoms with E-state index in [1.165, 1.54) is 17.0 Å². The van der Waals surface area contributed by atoms with Gasteiger partial charge in [0.25, 0.3) is 5.56 Å². The first kappa shape index (κ1) is 23.1. The molecule has 0 unspecified atom stereocenters. The summed E-state index contributed by atoms with van der Waals surface area (Å²) < 4.78 is 1.48. The number of nitriles is 1. The van der Waals surface area contributed by atoms with Crippen molar-refractivity contribution in [2.24, 2.45) is 11.8 Å². The van der Waals surface area contributed by atoms with E-state index in [0.717, 1.165) is 20.7 Å². The van der Waals surface area contributed by atoms with Crippen LogP contribution in [0, 0.1) is 23.2 Å². The predicted molar refractivity (Wildman–Crippen MR) is 136 cm³/mol. The van der Waals surface area contributed by atoms with Gasteiger partial charge >= 0.3 is 0 Å². The average Bonchev–Trinajstić information content (AvgIpc) is 3.29. The van der Waals surface area contributed by atoms with Gasteiger partial charge < -0.3 is 10.2 Å². The van der Waals surface area contributed by atoms with Gasteiger partial charge in [-0.1, -0.05) is 11.6 Å². The first-order chi connectivity index (χ1) is 17.2. The molecule has 1 amide bonds. The molecule has 0 radical (unpaired) electrons. The van der Waals surface area contributed by atoms with Crippen molar-refractivity contribution in [1.82, 2.24) is 19.4 Å². The summed E-state index contributed by atoms with van der Waals surface area (Å²) in [5.74, 6) is 0.330. The van der Waals surface area contributed by atoms with Crippen LogP contribution in [0.5, 0.6) is 0 Å². The van der Waals surface area contributed by atoms with Gasteiger partial charge in [0.2, 0.25) is 5.91 Å². The Labute approximate surface area is 215 Å². The summed E-state index contributed by atoms with van der Waals surface area (Å²) in [7, 11) is 0. The number of hydrogen-bond acceptors (Lipinski definition) is 8. The van der Waals surface area contributed by atoms with Crippen LogP contribution in [0.1, 0.15) is 47.6 Å². The largest absolute Gasteiger partial charge is 0.340 e. The van der Waals surface area contributed by atoms with Crippen molar-refractivity contribution in [3.8, 4) is 6.07 Å². The van der Waals surface area contributed by atoms with Crippen LogP contribution in [-0.2, 0) is 23.2 Å². The Morgan fingerprint density at radius 3 is 2.83 bits per heavy atom. The summed E-state index contributed by atoms with van der Waals surface area (Å²) in [5.41, 5.74) is 0.608. The van der Waals surface area contributed by atoms with Crippen molar-refractivity contribution in [2.75, 3.05) is 18.4 Å². The number of carbonyl (C=O) groups is 2. The van der Waals surface area contributed by atoms with Gasteiger partial charge in [0.15, 0.2) is 5.78 Å². The molecule has 1 atom stereocenters. The van der Waals surface area contributed by atoms with Crippen molar-refractivity contribution in [3.63, 3.8) is 0 Å². The monoisotopic (exact) mass is 522 g/mol.